The lowest BCUT2D eigenvalue weighted by molar-refractivity contribution is 0.184. The van der Waals surface area contributed by atoms with Gasteiger partial charge in [-0.15, -0.1) is 6.58 Å². The zero-order chi connectivity index (χ0) is 14.9. The Hall–Kier alpha value is -1.84. The molecule has 0 radical (unpaired) electrons. The van der Waals surface area contributed by atoms with Gasteiger partial charge in [-0.2, -0.15) is 0 Å². The lowest BCUT2D eigenvalue weighted by atomic mass is 9.89. The maximum atomic E-state index is 12.3. The highest BCUT2D eigenvalue weighted by Gasteiger charge is 2.19. The fraction of sp³-hybridized carbons (Fsp3) is 0.529. The molecule has 0 spiro atoms. The summed E-state index contributed by atoms with van der Waals surface area (Å²) in [5.41, 5.74) is 1.02. The Bertz CT molecular complexity index is 441. The number of hydrogen-bond acceptors (Lipinski definition) is 2. The molecule has 4 nitrogen and oxygen atoms in total. The fourth-order valence-corrected chi connectivity index (χ4v) is 2.87. The molecule has 1 heterocycles. The number of hydrogen-bond donors (Lipinski definition) is 1. The minimum Gasteiger partial charge on any atom is -0.334 e. The molecule has 0 aliphatic heterocycles. The Morgan fingerprint density at radius 1 is 1.43 bits per heavy atom. The van der Waals surface area contributed by atoms with Crippen molar-refractivity contribution in [3.63, 3.8) is 0 Å². The number of nitrogens with zero attached hydrogens (tertiary/aromatic N) is 2. The van der Waals surface area contributed by atoms with Crippen LogP contribution in [0.5, 0.6) is 0 Å². The van der Waals surface area contributed by atoms with Gasteiger partial charge in [0.2, 0.25) is 0 Å². The summed E-state index contributed by atoms with van der Waals surface area (Å²) in [4.78, 5) is 18.3. The van der Waals surface area contributed by atoms with Gasteiger partial charge in [0.1, 0.15) is 0 Å². The summed E-state index contributed by atoms with van der Waals surface area (Å²) in [6.45, 7) is 5.73. The standard InChI is InChI=1S/C17H25N3O/c1-2-11-20(14-15-7-4-3-5-8-15)17(21)19-13-16-9-6-10-18-12-16/h2,6,9-10,12,15H,1,3-5,7-8,11,13-14H2,(H,19,21). The molecular weight excluding hydrogens is 262 g/mol. The van der Waals surface area contributed by atoms with Gasteiger partial charge in [-0.05, 0) is 30.4 Å². The highest BCUT2D eigenvalue weighted by atomic mass is 16.2. The van der Waals surface area contributed by atoms with Crippen LogP contribution >= 0.6 is 0 Å². The molecule has 1 aliphatic carbocycles. The van der Waals surface area contributed by atoms with Crippen molar-refractivity contribution in [2.45, 2.75) is 38.6 Å². The minimum absolute atomic E-state index is 0.00988. The summed E-state index contributed by atoms with van der Waals surface area (Å²) in [5, 5.41) is 2.97. The van der Waals surface area contributed by atoms with Gasteiger partial charge in [-0.25, -0.2) is 4.79 Å². The Kier molecular flexibility index (Phi) is 6.25. The van der Waals surface area contributed by atoms with E-state index in [1.807, 2.05) is 17.0 Å². The third kappa shape index (κ3) is 5.21. The van der Waals surface area contributed by atoms with Gasteiger partial charge in [0.25, 0.3) is 0 Å². The average molecular weight is 287 g/mol. The van der Waals surface area contributed by atoms with Crippen LogP contribution in [0, 0.1) is 5.92 Å². The van der Waals surface area contributed by atoms with Crippen LogP contribution in [0.15, 0.2) is 37.2 Å². The Labute approximate surface area is 127 Å². The monoisotopic (exact) mass is 287 g/mol. The van der Waals surface area contributed by atoms with E-state index in [1.54, 1.807) is 18.5 Å². The van der Waals surface area contributed by atoms with E-state index >= 15 is 0 Å². The highest BCUT2D eigenvalue weighted by Crippen LogP contribution is 2.24. The number of pyridine rings is 1. The SMILES string of the molecule is C=CCN(CC1CCCCC1)C(=O)NCc1cccnc1. The molecule has 1 aromatic heterocycles. The first kappa shape index (κ1) is 15.5. The molecule has 2 rings (SSSR count). The molecule has 1 saturated carbocycles. The first-order valence-corrected chi connectivity index (χ1v) is 7.82. The lowest BCUT2D eigenvalue weighted by Gasteiger charge is -2.29. The fourth-order valence-electron chi connectivity index (χ4n) is 2.87. The third-order valence-corrected chi connectivity index (χ3v) is 4.01. The van der Waals surface area contributed by atoms with Crippen LogP contribution in [0.3, 0.4) is 0 Å². The van der Waals surface area contributed by atoms with Gasteiger partial charge in [0.15, 0.2) is 0 Å². The van der Waals surface area contributed by atoms with Crippen LogP contribution in [0.25, 0.3) is 0 Å². The summed E-state index contributed by atoms with van der Waals surface area (Å²) in [6.07, 6.45) is 11.7. The summed E-state index contributed by atoms with van der Waals surface area (Å²) < 4.78 is 0. The first-order valence-electron chi connectivity index (χ1n) is 7.82. The molecule has 0 aromatic carbocycles. The van der Waals surface area contributed by atoms with Crippen LogP contribution in [0.2, 0.25) is 0 Å². The van der Waals surface area contributed by atoms with E-state index in [4.69, 9.17) is 0 Å². The summed E-state index contributed by atoms with van der Waals surface area (Å²) in [5.74, 6) is 0.642. The molecule has 114 valence electrons. The normalized spacial score (nSPS) is 15.4. The lowest BCUT2D eigenvalue weighted by Crippen LogP contribution is -2.42. The number of aromatic nitrogens is 1. The van der Waals surface area contributed by atoms with Gasteiger partial charge in [-0.1, -0.05) is 31.4 Å². The molecule has 1 N–H and O–H groups in total. The van der Waals surface area contributed by atoms with Crippen molar-refractivity contribution in [3.05, 3.63) is 42.7 Å². The zero-order valence-corrected chi connectivity index (χ0v) is 12.6. The Morgan fingerprint density at radius 2 is 2.24 bits per heavy atom. The van der Waals surface area contributed by atoms with E-state index in [1.165, 1.54) is 32.1 Å². The number of carbonyl (C=O) groups excluding carboxylic acids is 1. The van der Waals surface area contributed by atoms with Crippen molar-refractivity contribution in [2.75, 3.05) is 13.1 Å². The number of amides is 2. The third-order valence-electron chi connectivity index (χ3n) is 4.01. The summed E-state index contributed by atoms with van der Waals surface area (Å²) in [6, 6.07) is 3.83. The van der Waals surface area contributed by atoms with E-state index in [0.29, 0.717) is 19.0 Å². The van der Waals surface area contributed by atoms with Crippen LogP contribution in [0.4, 0.5) is 4.79 Å². The first-order chi connectivity index (χ1) is 10.3. The second-order valence-electron chi connectivity index (χ2n) is 5.72. The van der Waals surface area contributed by atoms with Crippen molar-refractivity contribution in [3.8, 4) is 0 Å². The Balaban J connectivity index is 1.84. The van der Waals surface area contributed by atoms with E-state index < -0.39 is 0 Å². The topological polar surface area (TPSA) is 45.2 Å². The smallest absolute Gasteiger partial charge is 0.317 e. The number of carbonyl (C=O) groups is 1. The maximum Gasteiger partial charge on any atom is 0.317 e. The van der Waals surface area contributed by atoms with Gasteiger partial charge in [0, 0.05) is 32.0 Å². The van der Waals surface area contributed by atoms with Crippen molar-refractivity contribution in [2.24, 2.45) is 5.92 Å². The van der Waals surface area contributed by atoms with Crippen molar-refractivity contribution in [1.29, 1.82) is 0 Å². The molecule has 21 heavy (non-hydrogen) atoms. The van der Waals surface area contributed by atoms with Crippen LogP contribution < -0.4 is 5.32 Å². The minimum atomic E-state index is -0.00988. The summed E-state index contributed by atoms with van der Waals surface area (Å²) >= 11 is 0. The van der Waals surface area contributed by atoms with Gasteiger partial charge in [-0.3, -0.25) is 4.98 Å². The van der Waals surface area contributed by atoms with Gasteiger partial charge in [0.05, 0.1) is 0 Å². The molecule has 0 atom stereocenters. The van der Waals surface area contributed by atoms with Crippen LogP contribution in [-0.2, 0) is 6.54 Å². The molecular formula is C17H25N3O. The molecule has 2 amide bonds. The van der Waals surface area contributed by atoms with Gasteiger partial charge < -0.3 is 10.2 Å². The quantitative estimate of drug-likeness (QED) is 0.815. The summed E-state index contributed by atoms with van der Waals surface area (Å²) in [7, 11) is 0. The number of urea groups is 1. The van der Waals surface area contributed by atoms with E-state index in [2.05, 4.69) is 16.9 Å². The van der Waals surface area contributed by atoms with E-state index in [0.717, 1.165) is 12.1 Å². The number of rotatable bonds is 6. The van der Waals surface area contributed by atoms with Crippen molar-refractivity contribution in [1.82, 2.24) is 15.2 Å². The Morgan fingerprint density at radius 3 is 2.90 bits per heavy atom. The highest BCUT2D eigenvalue weighted by molar-refractivity contribution is 5.74. The van der Waals surface area contributed by atoms with Gasteiger partial charge >= 0.3 is 6.03 Å². The number of nitrogens with one attached hydrogen (secondary N) is 1. The molecule has 0 saturated heterocycles. The predicted molar refractivity (Wildman–Crippen MR) is 84.8 cm³/mol. The second kappa shape index (κ2) is 8.45. The van der Waals surface area contributed by atoms with Crippen molar-refractivity contribution < 1.29 is 4.79 Å². The zero-order valence-electron chi connectivity index (χ0n) is 12.6. The molecule has 4 heteroatoms. The second-order valence-corrected chi connectivity index (χ2v) is 5.72. The molecule has 1 fully saturated rings. The largest absolute Gasteiger partial charge is 0.334 e. The van der Waals surface area contributed by atoms with Crippen LogP contribution in [0.1, 0.15) is 37.7 Å². The molecule has 0 unspecified atom stereocenters. The molecule has 0 bridgehead atoms. The molecule has 1 aromatic rings. The van der Waals surface area contributed by atoms with E-state index in [9.17, 15) is 4.79 Å². The average Bonchev–Trinajstić information content (AvgIpc) is 2.54. The van der Waals surface area contributed by atoms with Crippen LogP contribution in [-0.4, -0.2) is 29.0 Å². The predicted octanol–water partition coefficient (Wildman–Crippen LogP) is 3.36. The maximum absolute atomic E-state index is 12.3. The van der Waals surface area contributed by atoms with E-state index in [-0.39, 0.29) is 6.03 Å². The van der Waals surface area contributed by atoms with Crippen molar-refractivity contribution >= 4 is 6.03 Å². The molecule has 1 aliphatic rings.